The molecule has 1 unspecified atom stereocenters. The lowest BCUT2D eigenvalue weighted by Crippen LogP contribution is -2.44. The predicted octanol–water partition coefficient (Wildman–Crippen LogP) is 3.41. The molecule has 1 atom stereocenters. The van der Waals surface area contributed by atoms with Gasteiger partial charge in [0.2, 0.25) is 5.91 Å². The van der Waals surface area contributed by atoms with Gasteiger partial charge >= 0.3 is 6.03 Å². The molecule has 1 aromatic heterocycles. The Morgan fingerprint density at radius 1 is 1.06 bits per heavy atom. The first kappa shape index (κ1) is 22.3. The summed E-state index contributed by atoms with van der Waals surface area (Å²) in [6.07, 6.45) is 1.44. The van der Waals surface area contributed by atoms with Crippen LogP contribution in [0.3, 0.4) is 0 Å². The number of rotatable bonds is 5. The zero-order valence-electron chi connectivity index (χ0n) is 18.1. The third-order valence-corrected chi connectivity index (χ3v) is 5.04. The number of anilines is 2. The minimum atomic E-state index is -0.364. The summed E-state index contributed by atoms with van der Waals surface area (Å²) in [6, 6.07) is 12.0. The minimum absolute atomic E-state index is 0.0212. The average molecular weight is 424 g/mol. The lowest BCUT2D eigenvalue weighted by Gasteiger charge is -2.32. The summed E-state index contributed by atoms with van der Waals surface area (Å²) in [5.74, 6) is -0.145. The number of piperidine rings is 1. The van der Waals surface area contributed by atoms with Crippen molar-refractivity contribution in [3.63, 3.8) is 0 Å². The second kappa shape index (κ2) is 10.1. The number of aryl methyl sites for hydroxylation is 1. The molecule has 3 N–H and O–H groups in total. The van der Waals surface area contributed by atoms with Crippen molar-refractivity contribution < 1.29 is 14.4 Å². The Labute approximate surface area is 182 Å². The van der Waals surface area contributed by atoms with E-state index in [1.165, 1.54) is 0 Å². The van der Waals surface area contributed by atoms with Crippen LogP contribution in [-0.4, -0.2) is 46.9 Å². The Balaban J connectivity index is 1.68. The second-order valence-corrected chi connectivity index (χ2v) is 8.04. The standard InChI is InChI=1S/C23H29N5O3/c1-15(2)24-23(31)26-19-11-5-4-10-18(19)22(30)28-13-7-9-17(14-28)21(29)27-20-12-6-8-16(3)25-20/h4-6,8,10-12,15,17H,7,9,13-14H2,1-3H3,(H2,24,26,31)(H,25,27,29). The van der Waals surface area contributed by atoms with Crippen LogP contribution in [0, 0.1) is 12.8 Å². The molecule has 2 aromatic rings. The Hall–Kier alpha value is -3.42. The van der Waals surface area contributed by atoms with Gasteiger partial charge in [-0.05, 0) is 57.9 Å². The Kier molecular flexibility index (Phi) is 7.23. The molecule has 31 heavy (non-hydrogen) atoms. The van der Waals surface area contributed by atoms with Crippen LogP contribution in [0.4, 0.5) is 16.3 Å². The van der Waals surface area contributed by atoms with Crippen molar-refractivity contribution in [2.24, 2.45) is 5.92 Å². The van der Waals surface area contributed by atoms with Crippen molar-refractivity contribution in [2.45, 2.75) is 39.7 Å². The fourth-order valence-corrected chi connectivity index (χ4v) is 3.59. The monoisotopic (exact) mass is 423 g/mol. The van der Waals surface area contributed by atoms with Gasteiger partial charge in [-0.1, -0.05) is 18.2 Å². The topological polar surface area (TPSA) is 103 Å². The first-order valence-corrected chi connectivity index (χ1v) is 10.5. The maximum Gasteiger partial charge on any atom is 0.319 e. The molecule has 0 spiro atoms. The smallest absolute Gasteiger partial charge is 0.319 e. The predicted molar refractivity (Wildman–Crippen MR) is 120 cm³/mol. The largest absolute Gasteiger partial charge is 0.338 e. The van der Waals surface area contributed by atoms with Gasteiger partial charge in [0.1, 0.15) is 5.82 Å². The number of aromatic nitrogens is 1. The fraction of sp³-hybridized carbons (Fsp3) is 0.391. The quantitative estimate of drug-likeness (QED) is 0.686. The van der Waals surface area contributed by atoms with Crippen LogP contribution in [-0.2, 0) is 4.79 Å². The minimum Gasteiger partial charge on any atom is -0.338 e. The van der Waals surface area contributed by atoms with Crippen LogP contribution >= 0.6 is 0 Å². The molecule has 4 amide bonds. The number of para-hydroxylation sites is 1. The number of pyridine rings is 1. The number of likely N-dealkylation sites (tertiary alicyclic amines) is 1. The van der Waals surface area contributed by atoms with Gasteiger partial charge in [-0.15, -0.1) is 0 Å². The summed E-state index contributed by atoms with van der Waals surface area (Å²) in [7, 11) is 0. The maximum absolute atomic E-state index is 13.2. The molecule has 1 aromatic carbocycles. The van der Waals surface area contributed by atoms with Crippen molar-refractivity contribution in [3.8, 4) is 0 Å². The SMILES string of the molecule is Cc1cccc(NC(=O)C2CCCN(C(=O)c3ccccc3NC(=O)NC(C)C)C2)n1. The van der Waals surface area contributed by atoms with Gasteiger partial charge < -0.3 is 20.9 Å². The van der Waals surface area contributed by atoms with Crippen molar-refractivity contribution in [1.82, 2.24) is 15.2 Å². The van der Waals surface area contributed by atoms with E-state index >= 15 is 0 Å². The molecule has 164 valence electrons. The Bertz CT molecular complexity index is 960. The van der Waals surface area contributed by atoms with Crippen molar-refractivity contribution in [2.75, 3.05) is 23.7 Å². The molecule has 1 aliphatic rings. The van der Waals surface area contributed by atoms with E-state index in [4.69, 9.17) is 0 Å². The Morgan fingerprint density at radius 2 is 1.84 bits per heavy atom. The number of hydrogen-bond donors (Lipinski definition) is 3. The molecule has 0 saturated carbocycles. The number of carbonyl (C=O) groups excluding carboxylic acids is 3. The summed E-state index contributed by atoms with van der Waals surface area (Å²) >= 11 is 0. The van der Waals surface area contributed by atoms with Crippen LogP contribution in [0.2, 0.25) is 0 Å². The van der Waals surface area contributed by atoms with Crippen LogP contribution in [0.15, 0.2) is 42.5 Å². The first-order valence-electron chi connectivity index (χ1n) is 10.5. The third-order valence-electron chi connectivity index (χ3n) is 5.04. The average Bonchev–Trinajstić information content (AvgIpc) is 2.73. The van der Waals surface area contributed by atoms with Gasteiger partial charge in [-0.25, -0.2) is 9.78 Å². The van der Waals surface area contributed by atoms with E-state index in [-0.39, 0.29) is 29.8 Å². The first-order chi connectivity index (χ1) is 14.8. The van der Waals surface area contributed by atoms with Crippen LogP contribution in [0.1, 0.15) is 42.7 Å². The molecule has 3 rings (SSSR count). The number of hydrogen-bond acceptors (Lipinski definition) is 4. The van der Waals surface area contributed by atoms with E-state index in [1.807, 2.05) is 32.9 Å². The molecule has 8 nitrogen and oxygen atoms in total. The van der Waals surface area contributed by atoms with Gasteiger partial charge in [0, 0.05) is 24.8 Å². The third kappa shape index (κ3) is 6.04. The highest BCUT2D eigenvalue weighted by molar-refractivity contribution is 6.03. The van der Waals surface area contributed by atoms with Gasteiger partial charge in [-0.2, -0.15) is 0 Å². The number of amides is 4. The molecule has 1 saturated heterocycles. The molecule has 0 radical (unpaired) electrons. The van der Waals surface area contributed by atoms with Crippen LogP contribution in [0.25, 0.3) is 0 Å². The van der Waals surface area contributed by atoms with Crippen molar-refractivity contribution in [3.05, 3.63) is 53.7 Å². The lowest BCUT2D eigenvalue weighted by molar-refractivity contribution is -0.121. The number of urea groups is 1. The molecule has 8 heteroatoms. The molecule has 0 bridgehead atoms. The molecule has 2 heterocycles. The highest BCUT2D eigenvalue weighted by atomic mass is 16.2. The normalized spacial score (nSPS) is 16.0. The van der Waals surface area contributed by atoms with E-state index in [2.05, 4.69) is 20.9 Å². The van der Waals surface area contributed by atoms with Crippen LogP contribution in [0.5, 0.6) is 0 Å². The summed E-state index contributed by atoms with van der Waals surface area (Å²) in [5.41, 5.74) is 1.67. The second-order valence-electron chi connectivity index (χ2n) is 8.04. The van der Waals surface area contributed by atoms with Crippen molar-refractivity contribution in [1.29, 1.82) is 0 Å². The Morgan fingerprint density at radius 3 is 2.58 bits per heavy atom. The number of carbonyl (C=O) groups is 3. The van der Waals surface area contributed by atoms with Gasteiger partial charge in [0.15, 0.2) is 0 Å². The zero-order valence-corrected chi connectivity index (χ0v) is 18.1. The molecule has 1 aliphatic heterocycles. The lowest BCUT2D eigenvalue weighted by atomic mass is 9.96. The summed E-state index contributed by atoms with van der Waals surface area (Å²) < 4.78 is 0. The summed E-state index contributed by atoms with van der Waals surface area (Å²) in [5, 5.41) is 8.35. The number of nitrogens with zero attached hydrogens (tertiary/aromatic N) is 2. The van der Waals surface area contributed by atoms with E-state index in [1.54, 1.807) is 35.2 Å². The molecular weight excluding hydrogens is 394 g/mol. The molecular formula is C23H29N5O3. The molecule has 1 fully saturated rings. The highest BCUT2D eigenvalue weighted by Crippen LogP contribution is 2.23. The van der Waals surface area contributed by atoms with E-state index in [9.17, 15) is 14.4 Å². The summed E-state index contributed by atoms with van der Waals surface area (Å²) in [4.78, 5) is 44.0. The number of benzene rings is 1. The number of nitrogens with one attached hydrogen (secondary N) is 3. The zero-order chi connectivity index (χ0) is 22.4. The summed E-state index contributed by atoms with van der Waals surface area (Å²) in [6.45, 7) is 6.48. The van der Waals surface area contributed by atoms with Crippen molar-refractivity contribution >= 4 is 29.4 Å². The van der Waals surface area contributed by atoms with E-state index < -0.39 is 0 Å². The van der Waals surface area contributed by atoms with E-state index in [0.717, 1.165) is 12.1 Å². The fourth-order valence-electron chi connectivity index (χ4n) is 3.59. The van der Waals surface area contributed by atoms with Crippen LogP contribution < -0.4 is 16.0 Å². The van der Waals surface area contributed by atoms with Gasteiger partial charge in [-0.3, -0.25) is 9.59 Å². The van der Waals surface area contributed by atoms with Gasteiger partial charge in [0.25, 0.3) is 5.91 Å². The van der Waals surface area contributed by atoms with E-state index in [0.29, 0.717) is 36.6 Å². The van der Waals surface area contributed by atoms with Gasteiger partial charge in [0.05, 0.1) is 17.2 Å². The molecule has 0 aliphatic carbocycles. The highest BCUT2D eigenvalue weighted by Gasteiger charge is 2.30. The maximum atomic E-state index is 13.2.